The highest BCUT2D eigenvalue weighted by atomic mass is 79.9. The van der Waals surface area contributed by atoms with E-state index in [1.807, 2.05) is 48.5 Å². The fourth-order valence-corrected chi connectivity index (χ4v) is 4.60. The zero-order valence-corrected chi connectivity index (χ0v) is 17.0. The number of hydrogen-bond acceptors (Lipinski definition) is 3. The smallest absolute Gasteiger partial charge is 0.243 e. The molecule has 0 radical (unpaired) electrons. The molecule has 0 unspecified atom stereocenters. The zero-order chi connectivity index (χ0) is 20.2. The topological polar surface area (TPSA) is 67.2 Å². The minimum atomic E-state index is -1.08. The van der Waals surface area contributed by atoms with E-state index >= 15 is 0 Å². The van der Waals surface area contributed by atoms with E-state index in [1.54, 1.807) is 21.9 Å². The summed E-state index contributed by atoms with van der Waals surface area (Å²) in [5, 5.41) is 7.46. The molecule has 0 fully saturated rings. The summed E-state index contributed by atoms with van der Waals surface area (Å²) in [7, 11) is 0. The Bertz CT molecular complexity index is 1170. The van der Waals surface area contributed by atoms with Crippen LogP contribution in [0.25, 0.3) is 5.69 Å². The summed E-state index contributed by atoms with van der Waals surface area (Å²) in [6.07, 6.45) is 3.45. The Morgan fingerprint density at radius 3 is 2.66 bits per heavy atom. The van der Waals surface area contributed by atoms with Gasteiger partial charge in [-0.1, -0.05) is 40.2 Å². The first-order valence-electron chi connectivity index (χ1n) is 9.23. The molecule has 29 heavy (non-hydrogen) atoms. The van der Waals surface area contributed by atoms with Crippen LogP contribution in [0.4, 0.5) is 11.5 Å². The maximum absolute atomic E-state index is 13.7. The number of nitrogens with one attached hydrogen (secondary N) is 1. The predicted molar refractivity (Wildman–Crippen MR) is 114 cm³/mol. The molecule has 0 saturated carbocycles. The van der Waals surface area contributed by atoms with Gasteiger partial charge >= 0.3 is 0 Å². The molecule has 144 valence electrons. The maximum Gasteiger partial charge on any atom is 0.243 e. The molecule has 5 rings (SSSR count). The van der Waals surface area contributed by atoms with Gasteiger partial charge in [0, 0.05) is 28.7 Å². The Balaban J connectivity index is 1.75. The van der Waals surface area contributed by atoms with Crippen LogP contribution in [-0.2, 0) is 15.0 Å². The third-order valence-corrected chi connectivity index (χ3v) is 6.09. The molecule has 6 nitrogen and oxygen atoms in total. The number of carbonyl (C=O) groups is 2. The van der Waals surface area contributed by atoms with Gasteiger partial charge in [0.25, 0.3) is 0 Å². The van der Waals surface area contributed by atoms with Crippen LogP contribution in [0.15, 0.2) is 71.9 Å². The van der Waals surface area contributed by atoms with Crippen LogP contribution in [0.2, 0.25) is 0 Å². The molecule has 0 saturated heterocycles. The minimum Gasteiger partial charge on any atom is -0.310 e. The van der Waals surface area contributed by atoms with Crippen molar-refractivity contribution in [3.05, 3.63) is 83.0 Å². The molecule has 2 aromatic carbocycles. The normalized spacial score (nSPS) is 19.8. The summed E-state index contributed by atoms with van der Waals surface area (Å²) < 4.78 is 2.62. The van der Waals surface area contributed by atoms with Gasteiger partial charge in [-0.3, -0.25) is 9.59 Å². The zero-order valence-electron chi connectivity index (χ0n) is 15.4. The van der Waals surface area contributed by atoms with Crippen molar-refractivity contribution >= 4 is 39.2 Å². The molecule has 0 aliphatic carbocycles. The standard InChI is InChI=1S/C22H17BrN4O2/c1-2-11-26-18-6-4-3-5-16(18)22(21(26)29)12-19(28)25-20-17(22)13-24-27(20)15-9-7-14(23)8-10-15/h2-10,13H,1,11-12H2,(H,25,28)/t22-/m1/s1. The molecular formula is C22H17BrN4O2. The lowest BCUT2D eigenvalue weighted by Crippen LogP contribution is -2.46. The lowest BCUT2D eigenvalue weighted by Gasteiger charge is -2.32. The monoisotopic (exact) mass is 448 g/mol. The van der Waals surface area contributed by atoms with Crippen LogP contribution in [0.3, 0.4) is 0 Å². The van der Waals surface area contributed by atoms with Gasteiger partial charge in [0.05, 0.1) is 11.9 Å². The molecule has 1 spiro atoms. The number of aromatic nitrogens is 2. The molecule has 2 amide bonds. The average Bonchev–Trinajstić information content (AvgIpc) is 3.24. The predicted octanol–water partition coefficient (Wildman–Crippen LogP) is 3.80. The van der Waals surface area contributed by atoms with Gasteiger partial charge in [-0.15, -0.1) is 6.58 Å². The highest BCUT2D eigenvalue weighted by Crippen LogP contribution is 2.52. The van der Waals surface area contributed by atoms with Gasteiger partial charge in [0.2, 0.25) is 11.8 Å². The van der Waals surface area contributed by atoms with E-state index in [0.717, 1.165) is 21.4 Å². The number of hydrogen-bond donors (Lipinski definition) is 1. The van der Waals surface area contributed by atoms with Crippen LogP contribution in [0, 0.1) is 0 Å². The van der Waals surface area contributed by atoms with E-state index in [4.69, 9.17) is 0 Å². The summed E-state index contributed by atoms with van der Waals surface area (Å²) in [6.45, 7) is 4.17. The van der Waals surface area contributed by atoms with Crippen molar-refractivity contribution in [3.63, 3.8) is 0 Å². The first-order chi connectivity index (χ1) is 14.1. The summed E-state index contributed by atoms with van der Waals surface area (Å²) in [4.78, 5) is 28.2. The minimum absolute atomic E-state index is 0.0511. The van der Waals surface area contributed by atoms with Crippen LogP contribution in [-0.4, -0.2) is 28.1 Å². The van der Waals surface area contributed by atoms with Gasteiger partial charge in [-0.05, 0) is 35.9 Å². The third kappa shape index (κ3) is 2.43. The van der Waals surface area contributed by atoms with Gasteiger partial charge in [-0.2, -0.15) is 5.10 Å². The molecular weight excluding hydrogens is 432 g/mol. The Morgan fingerprint density at radius 2 is 1.90 bits per heavy atom. The highest BCUT2D eigenvalue weighted by molar-refractivity contribution is 9.10. The number of para-hydroxylation sites is 1. The fraction of sp³-hybridized carbons (Fsp3) is 0.136. The van der Waals surface area contributed by atoms with Crippen molar-refractivity contribution in [1.82, 2.24) is 9.78 Å². The molecule has 1 atom stereocenters. The van der Waals surface area contributed by atoms with Crippen LogP contribution in [0.5, 0.6) is 0 Å². The third-order valence-electron chi connectivity index (χ3n) is 5.56. The van der Waals surface area contributed by atoms with E-state index in [2.05, 4.69) is 32.9 Å². The molecule has 2 aliphatic heterocycles. The second-order valence-electron chi connectivity index (χ2n) is 7.15. The van der Waals surface area contributed by atoms with E-state index in [0.29, 0.717) is 17.9 Å². The van der Waals surface area contributed by atoms with E-state index in [-0.39, 0.29) is 18.2 Å². The molecule has 7 heteroatoms. The van der Waals surface area contributed by atoms with Crippen molar-refractivity contribution in [2.45, 2.75) is 11.8 Å². The molecule has 1 N–H and O–H groups in total. The largest absolute Gasteiger partial charge is 0.310 e. The number of anilines is 2. The van der Waals surface area contributed by atoms with Crippen molar-refractivity contribution in [1.29, 1.82) is 0 Å². The molecule has 2 aliphatic rings. The molecule has 0 bridgehead atoms. The number of benzene rings is 2. The lowest BCUT2D eigenvalue weighted by molar-refractivity contribution is -0.126. The fourth-order valence-electron chi connectivity index (χ4n) is 4.34. The van der Waals surface area contributed by atoms with Crippen LogP contribution >= 0.6 is 15.9 Å². The quantitative estimate of drug-likeness (QED) is 0.619. The van der Waals surface area contributed by atoms with Crippen molar-refractivity contribution in [2.75, 3.05) is 16.8 Å². The second-order valence-corrected chi connectivity index (χ2v) is 8.06. The maximum atomic E-state index is 13.7. The highest BCUT2D eigenvalue weighted by Gasteiger charge is 2.56. The SMILES string of the molecule is C=CCN1C(=O)[C@]2(CC(=O)Nc3c2cnn3-c2ccc(Br)cc2)c2ccccc21. The summed E-state index contributed by atoms with van der Waals surface area (Å²) in [5.74, 6) is 0.206. The summed E-state index contributed by atoms with van der Waals surface area (Å²) in [6, 6.07) is 15.3. The Hall–Kier alpha value is -3.19. The number of rotatable bonds is 3. The first kappa shape index (κ1) is 17.9. The van der Waals surface area contributed by atoms with Crippen LogP contribution in [0.1, 0.15) is 17.5 Å². The van der Waals surface area contributed by atoms with Crippen molar-refractivity contribution < 1.29 is 9.59 Å². The Labute approximate surface area is 176 Å². The molecule has 3 heterocycles. The average molecular weight is 449 g/mol. The Morgan fingerprint density at radius 1 is 1.14 bits per heavy atom. The molecule has 1 aromatic heterocycles. The molecule has 3 aromatic rings. The van der Waals surface area contributed by atoms with E-state index in [1.165, 1.54) is 0 Å². The number of halogens is 1. The number of amides is 2. The second kappa shape index (κ2) is 6.42. The number of nitrogens with zero attached hydrogens (tertiary/aromatic N) is 3. The van der Waals surface area contributed by atoms with E-state index in [9.17, 15) is 9.59 Å². The summed E-state index contributed by atoms with van der Waals surface area (Å²) in [5.41, 5.74) is 2.08. The first-order valence-corrected chi connectivity index (χ1v) is 10.0. The van der Waals surface area contributed by atoms with Gasteiger partial charge in [-0.25, -0.2) is 4.68 Å². The number of fused-ring (bicyclic) bond motifs is 4. The van der Waals surface area contributed by atoms with Gasteiger partial charge in [0.15, 0.2) is 0 Å². The van der Waals surface area contributed by atoms with Crippen LogP contribution < -0.4 is 10.2 Å². The summed E-state index contributed by atoms with van der Waals surface area (Å²) >= 11 is 3.43. The Kier molecular flexibility index (Phi) is 3.96. The van der Waals surface area contributed by atoms with Gasteiger partial charge < -0.3 is 10.2 Å². The van der Waals surface area contributed by atoms with Gasteiger partial charge in [0.1, 0.15) is 11.2 Å². The van der Waals surface area contributed by atoms with Crippen molar-refractivity contribution in [3.8, 4) is 5.69 Å². The van der Waals surface area contributed by atoms with E-state index < -0.39 is 5.41 Å². The lowest BCUT2D eigenvalue weighted by atomic mass is 9.72. The number of carbonyl (C=O) groups excluding carboxylic acids is 2. The van der Waals surface area contributed by atoms with Crippen molar-refractivity contribution in [2.24, 2.45) is 0 Å².